The lowest BCUT2D eigenvalue weighted by molar-refractivity contribution is 0.177. The van der Waals surface area contributed by atoms with Crippen molar-refractivity contribution in [3.63, 3.8) is 0 Å². The molecule has 1 unspecified atom stereocenters. The van der Waals surface area contributed by atoms with Crippen molar-refractivity contribution in [1.82, 2.24) is 25.4 Å². The molecule has 2 aliphatic rings. The standard InChI is InChI=1S/C20H28N6O3/c1-21-20(22-11-14-5-3-6-16-19(14)29-10-4-9-28-16)23-15-7-8-18-24-17(13-27-2)25-26(18)12-15/h3,5-6,15H,4,7-13H2,1-2H3,(H2,21,22,23). The summed E-state index contributed by atoms with van der Waals surface area (Å²) in [5.74, 6) is 4.13. The number of methoxy groups -OCH3 is 1. The lowest BCUT2D eigenvalue weighted by Gasteiger charge is -2.25. The van der Waals surface area contributed by atoms with E-state index in [1.165, 1.54) is 0 Å². The number of aliphatic imine (C=N–C) groups is 1. The Bertz CT molecular complexity index is 866. The highest BCUT2D eigenvalue weighted by Crippen LogP contribution is 2.33. The molecule has 2 N–H and O–H groups in total. The fraction of sp³-hybridized carbons (Fsp3) is 0.550. The number of guanidine groups is 1. The summed E-state index contributed by atoms with van der Waals surface area (Å²) < 4.78 is 18.8. The third kappa shape index (κ3) is 4.61. The molecular formula is C20H28N6O3. The molecule has 1 atom stereocenters. The second-order valence-corrected chi connectivity index (χ2v) is 7.16. The van der Waals surface area contributed by atoms with Crippen LogP contribution in [-0.2, 0) is 30.9 Å². The van der Waals surface area contributed by atoms with Crippen molar-refractivity contribution < 1.29 is 14.2 Å². The van der Waals surface area contributed by atoms with Gasteiger partial charge < -0.3 is 24.8 Å². The van der Waals surface area contributed by atoms with Crippen LogP contribution in [0.25, 0.3) is 0 Å². The normalized spacial score (nSPS) is 18.7. The zero-order valence-electron chi connectivity index (χ0n) is 17.0. The minimum atomic E-state index is 0.235. The molecule has 0 aliphatic carbocycles. The molecule has 0 bridgehead atoms. The van der Waals surface area contributed by atoms with Crippen LogP contribution in [0.3, 0.4) is 0 Å². The fourth-order valence-electron chi connectivity index (χ4n) is 3.63. The van der Waals surface area contributed by atoms with Gasteiger partial charge in [-0.1, -0.05) is 12.1 Å². The Morgan fingerprint density at radius 2 is 2.24 bits per heavy atom. The third-order valence-electron chi connectivity index (χ3n) is 5.04. The number of rotatable bonds is 5. The van der Waals surface area contributed by atoms with Crippen molar-refractivity contribution in [2.24, 2.45) is 4.99 Å². The zero-order chi connectivity index (χ0) is 20.1. The number of hydrogen-bond donors (Lipinski definition) is 2. The molecule has 156 valence electrons. The lowest BCUT2D eigenvalue weighted by atomic mass is 10.1. The highest BCUT2D eigenvalue weighted by molar-refractivity contribution is 5.80. The average molecular weight is 400 g/mol. The molecule has 0 saturated heterocycles. The van der Waals surface area contributed by atoms with Gasteiger partial charge in [0, 0.05) is 45.1 Å². The van der Waals surface area contributed by atoms with E-state index in [0.29, 0.717) is 26.4 Å². The number of ether oxygens (including phenoxy) is 3. The fourth-order valence-corrected chi connectivity index (χ4v) is 3.63. The summed E-state index contributed by atoms with van der Waals surface area (Å²) in [7, 11) is 3.43. The summed E-state index contributed by atoms with van der Waals surface area (Å²) in [5.41, 5.74) is 1.05. The molecule has 1 aromatic carbocycles. The van der Waals surface area contributed by atoms with Gasteiger partial charge in [0.05, 0.1) is 19.8 Å². The Kier molecular flexibility index (Phi) is 6.14. The second-order valence-electron chi connectivity index (χ2n) is 7.16. The highest BCUT2D eigenvalue weighted by Gasteiger charge is 2.22. The minimum Gasteiger partial charge on any atom is -0.490 e. The van der Waals surface area contributed by atoms with E-state index >= 15 is 0 Å². The molecule has 4 rings (SSSR count). The number of nitrogens with one attached hydrogen (secondary N) is 2. The van der Waals surface area contributed by atoms with Crippen LogP contribution in [0.4, 0.5) is 0 Å². The van der Waals surface area contributed by atoms with Crippen molar-refractivity contribution in [1.29, 1.82) is 0 Å². The van der Waals surface area contributed by atoms with Crippen molar-refractivity contribution in [3.8, 4) is 11.5 Å². The molecule has 2 aliphatic heterocycles. The van der Waals surface area contributed by atoms with E-state index in [-0.39, 0.29) is 6.04 Å². The minimum absolute atomic E-state index is 0.235. The number of para-hydroxylation sites is 1. The number of fused-ring (bicyclic) bond motifs is 2. The van der Waals surface area contributed by atoms with Gasteiger partial charge in [0.1, 0.15) is 12.4 Å². The molecule has 0 spiro atoms. The molecule has 0 radical (unpaired) electrons. The number of aryl methyl sites for hydroxylation is 1. The molecule has 2 aromatic rings. The maximum atomic E-state index is 5.90. The highest BCUT2D eigenvalue weighted by atomic mass is 16.5. The summed E-state index contributed by atoms with van der Waals surface area (Å²) in [6.45, 7) is 3.15. The Morgan fingerprint density at radius 3 is 3.10 bits per heavy atom. The van der Waals surface area contributed by atoms with Gasteiger partial charge in [-0.2, -0.15) is 5.10 Å². The SMILES string of the molecule is CN=C(NCc1cccc2c1OCCCO2)NC1CCc2nc(COC)nn2C1. The molecular weight excluding hydrogens is 372 g/mol. The summed E-state index contributed by atoms with van der Waals surface area (Å²) in [4.78, 5) is 8.90. The smallest absolute Gasteiger partial charge is 0.191 e. The molecule has 1 aromatic heterocycles. The van der Waals surface area contributed by atoms with E-state index in [4.69, 9.17) is 14.2 Å². The van der Waals surface area contributed by atoms with Gasteiger partial charge in [0.25, 0.3) is 0 Å². The number of aromatic nitrogens is 3. The Hall–Kier alpha value is -2.81. The van der Waals surface area contributed by atoms with Crippen LogP contribution >= 0.6 is 0 Å². The van der Waals surface area contributed by atoms with Crippen molar-refractivity contribution in [2.75, 3.05) is 27.4 Å². The number of hydrogen-bond acceptors (Lipinski definition) is 6. The quantitative estimate of drug-likeness (QED) is 0.576. The molecule has 0 saturated carbocycles. The predicted octanol–water partition coefficient (Wildman–Crippen LogP) is 1.27. The number of nitrogens with zero attached hydrogens (tertiary/aromatic N) is 4. The molecule has 0 amide bonds. The second kappa shape index (κ2) is 9.13. The van der Waals surface area contributed by atoms with Gasteiger partial charge in [0.2, 0.25) is 0 Å². The first kappa shape index (κ1) is 19.5. The first-order chi connectivity index (χ1) is 14.3. The Labute approximate surface area is 170 Å². The lowest BCUT2D eigenvalue weighted by Crippen LogP contribution is -2.46. The van der Waals surface area contributed by atoms with Gasteiger partial charge in [-0.3, -0.25) is 4.99 Å². The Morgan fingerprint density at radius 1 is 1.34 bits per heavy atom. The first-order valence-electron chi connectivity index (χ1n) is 10.0. The predicted molar refractivity (Wildman–Crippen MR) is 108 cm³/mol. The molecule has 0 fully saturated rings. The van der Waals surface area contributed by atoms with Gasteiger partial charge in [-0.05, 0) is 12.5 Å². The molecule has 3 heterocycles. The van der Waals surface area contributed by atoms with Crippen LogP contribution < -0.4 is 20.1 Å². The van der Waals surface area contributed by atoms with Crippen LogP contribution in [-0.4, -0.2) is 54.1 Å². The van der Waals surface area contributed by atoms with E-state index in [9.17, 15) is 0 Å². The first-order valence-corrected chi connectivity index (χ1v) is 10.0. The summed E-state index contributed by atoms with van der Waals surface area (Å²) in [6, 6.07) is 6.23. The zero-order valence-corrected chi connectivity index (χ0v) is 17.0. The number of benzene rings is 1. The summed E-state index contributed by atoms with van der Waals surface area (Å²) in [5, 5.41) is 11.4. The van der Waals surface area contributed by atoms with Crippen LogP contribution in [0.2, 0.25) is 0 Å². The van der Waals surface area contributed by atoms with E-state index in [1.807, 2.05) is 22.9 Å². The largest absolute Gasteiger partial charge is 0.490 e. The third-order valence-corrected chi connectivity index (χ3v) is 5.04. The van der Waals surface area contributed by atoms with Crippen LogP contribution in [0.15, 0.2) is 23.2 Å². The summed E-state index contributed by atoms with van der Waals surface area (Å²) >= 11 is 0. The maximum absolute atomic E-state index is 5.90. The maximum Gasteiger partial charge on any atom is 0.191 e. The van der Waals surface area contributed by atoms with Gasteiger partial charge in [-0.25, -0.2) is 9.67 Å². The van der Waals surface area contributed by atoms with E-state index in [2.05, 4.69) is 25.7 Å². The van der Waals surface area contributed by atoms with Crippen molar-refractivity contribution in [2.45, 2.75) is 45.0 Å². The van der Waals surface area contributed by atoms with Gasteiger partial charge in [-0.15, -0.1) is 0 Å². The van der Waals surface area contributed by atoms with Crippen molar-refractivity contribution >= 4 is 5.96 Å². The van der Waals surface area contributed by atoms with E-state index in [1.54, 1.807) is 14.2 Å². The van der Waals surface area contributed by atoms with Gasteiger partial charge >= 0.3 is 0 Å². The van der Waals surface area contributed by atoms with E-state index < -0.39 is 0 Å². The average Bonchev–Trinajstić information content (AvgIpc) is 2.97. The van der Waals surface area contributed by atoms with Crippen LogP contribution in [0.1, 0.15) is 30.1 Å². The van der Waals surface area contributed by atoms with Crippen LogP contribution in [0, 0.1) is 0 Å². The van der Waals surface area contributed by atoms with Crippen molar-refractivity contribution in [3.05, 3.63) is 35.4 Å². The van der Waals surface area contributed by atoms with E-state index in [0.717, 1.165) is 60.5 Å². The summed E-state index contributed by atoms with van der Waals surface area (Å²) in [6.07, 6.45) is 2.75. The topological polar surface area (TPSA) is 94.8 Å². The van der Waals surface area contributed by atoms with Gasteiger partial charge in [0.15, 0.2) is 23.3 Å². The van der Waals surface area contributed by atoms with Crippen LogP contribution in [0.5, 0.6) is 11.5 Å². The molecule has 9 heteroatoms. The monoisotopic (exact) mass is 400 g/mol. The Balaban J connectivity index is 1.36. The molecule has 9 nitrogen and oxygen atoms in total. The molecule has 29 heavy (non-hydrogen) atoms.